The molecule has 1 saturated carbocycles. The molecule has 1 atom stereocenters. The van der Waals surface area contributed by atoms with E-state index in [2.05, 4.69) is 45.3 Å². The first-order chi connectivity index (χ1) is 14.8. The van der Waals surface area contributed by atoms with Gasteiger partial charge in [-0.05, 0) is 68.1 Å². The molecule has 31 heavy (non-hydrogen) atoms. The van der Waals surface area contributed by atoms with Crippen LogP contribution < -0.4 is 15.4 Å². The first-order valence-electron chi connectivity index (χ1n) is 11.7. The molecule has 0 heterocycles. The van der Waals surface area contributed by atoms with Crippen molar-refractivity contribution >= 4 is 20.0 Å². The zero-order chi connectivity index (χ0) is 22.9. The fraction of sp³-hybridized carbons (Fsp3) is 0.708. The van der Waals surface area contributed by atoms with E-state index in [0.717, 1.165) is 17.1 Å². The van der Waals surface area contributed by atoms with Gasteiger partial charge in [-0.3, -0.25) is 15.6 Å². The van der Waals surface area contributed by atoms with Crippen molar-refractivity contribution in [3.05, 3.63) is 24.3 Å². The smallest absolute Gasteiger partial charge is 0.345 e. The van der Waals surface area contributed by atoms with Gasteiger partial charge in [0.2, 0.25) is 0 Å². The van der Waals surface area contributed by atoms with Crippen LogP contribution in [0.3, 0.4) is 0 Å². The molecular weight excluding hydrogens is 406 g/mol. The number of ether oxygens (including phenoxy) is 1. The highest BCUT2D eigenvalue weighted by molar-refractivity contribution is 6.70. The van der Waals surface area contributed by atoms with Gasteiger partial charge in [0, 0.05) is 11.8 Å². The number of methoxy groups -OCH3 is 1. The summed E-state index contributed by atoms with van der Waals surface area (Å²) < 4.78 is 18.1. The summed E-state index contributed by atoms with van der Waals surface area (Å²) in [5.74, 6) is 1.44. The molecule has 176 valence electrons. The van der Waals surface area contributed by atoms with E-state index in [1.165, 1.54) is 25.7 Å². The van der Waals surface area contributed by atoms with Crippen LogP contribution in [-0.2, 0) is 8.85 Å². The van der Waals surface area contributed by atoms with Gasteiger partial charge in [-0.1, -0.05) is 40.5 Å². The van der Waals surface area contributed by atoms with Crippen molar-refractivity contribution in [3.8, 4) is 5.75 Å². The molecule has 2 N–H and O–H groups in total. The number of hydrogen-bond donors (Lipinski definition) is 2. The number of aliphatic imine (C=N–C) groups is 1. The quantitative estimate of drug-likeness (QED) is 0.241. The van der Waals surface area contributed by atoms with Gasteiger partial charge < -0.3 is 13.6 Å². The monoisotopic (exact) mass is 449 g/mol. The summed E-state index contributed by atoms with van der Waals surface area (Å²) in [5, 5.41) is 6.82. The Labute approximate surface area is 190 Å². The molecule has 1 aliphatic carbocycles. The number of nitrogens with one attached hydrogen (secondary N) is 2. The summed E-state index contributed by atoms with van der Waals surface area (Å²) in [5.41, 5.74) is 2.79. The molecule has 7 heteroatoms. The van der Waals surface area contributed by atoms with Crippen molar-refractivity contribution in [2.75, 3.05) is 27.6 Å². The van der Waals surface area contributed by atoms with Gasteiger partial charge in [-0.15, -0.1) is 0 Å². The van der Waals surface area contributed by atoms with Crippen molar-refractivity contribution in [2.45, 2.75) is 77.4 Å². The van der Waals surface area contributed by atoms with Crippen molar-refractivity contribution in [1.82, 2.24) is 10.6 Å². The maximum atomic E-state index is 6.57. The van der Waals surface area contributed by atoms with E-state index >= 15 is 0 Å². The van der Waals surface area contributed by atoms with Crippen LogP contribution in [0.4, 0.5) is 5.69 Å². The lowest BCUT2D eigenvalue weighted by Gasteiger charge is -2.38. The highest BCUT2D eigenvalue weighted by atomic mass is 28.4. The van der Waals surface area contributed by atoms with Crippen LogP contribution in [0.2, 0.25) is 11.1 Å². The molecule has 0 saturated heterocycles. The van der Waals surface area contributed by atoms with E-state index in [0.29, 0.717) is 30.5 Å². The molecule has 1 aromatic rings. The van der Waals surface area contributed by atoms with Crippen molar-refractivity contribution in [1.29, 1.82) is 0 Å². The third-order valence-electron chi connectivity index (χ3n) is 6.35. The Morgan fingerprint density at radius 1 is 1.03 bits per heavy atom. The molecule has 2 rings (SSSR count). The average Bonchev–Trinajstić information content (AvgIpc) is 3.27. The van der Waals surface area contributed by atoms with Crippen LogP contribution in [0.15, 0.2) is 29.3 Å². The Morgan fingerprint density at radius 3 is 2.13 bits per heavy atom. The van der Waals surface area contributed by atoms with Crippen LogP contribution in [0.1, 0.15) is 60.3 Å². The van der Waals surface area contributed by atoms with Crippen molar-refractivity contribution < 1.29 is 13.6 Å². The Kier molecular flexibility index (Phi) is 10.7. The summed E-state index contributed by atoms with van der Waals surface area (Å²) in [4.78, 5) is 4.93. The summed E-state index contributed by atoms with van der Waals surface area (Å²) in [6.07, 6.45) is 5.06. The van der Waals surface area contributed by atoms with Crippen LogP contribution in [0, 0.1) is 5.92 Å². The highest BCUT2D eigenvalue weighted by Crippen LogP contribution is 2.34. The second-order valence-corrected chi connectivity index (χ2v) is 13.5. The van der Waals surface area contributed by atoms with Gasteiger partial charge in [-0.25, -0.2) is 0 Å². The SMILES string of the molecule is CNCO[Si](OCNC(C(C)=Nc1ccc(OC)cc1)C1CCCC1)(C(C)C)C(C)C. The largest absolute Gasteiger partial charge is 0.497 e. The van der Waals surface area contributed by atoms with Crippen LogP contribution >= 0.6 is 0 Å². The van der Waals surface area contributed by atoms with E-state index in [-0.39, 0.29) is 6.04 Å². The molecule has 0 aliphatic heterocycles. The van der Waals surface area contributed by atoms with E-state index < -0.39 is 8.56 Å². The van der Waals surface area contributed by atoms with E-state index in [1.54, 1.807) is 7.11 Å². The third-order valence-corrected chi connectivity index (χ3v) is 10.8. The molecule has 1 fully saturated rings. The summed E-state index contributed by atoms with van der Waals surface area (Å²) in [6.45, 7) is 12.0. The predicted octanol–water partition coefficient (Wildman–Crippen LogP) is 5.37. The Morgan fingerprint density at radius 2 is 1.61 bits per heavy atom. The minimum absolute atomic E-state index is 0.208. The number of nitrogens with zero attached hydrogens (tertiary/aromatic N) is 1. The van der Waals surface area contributed by atoms with Crippen LogP contribution in [0.5, 0.6) is 5.75 Å². The lowest BCUT2D eigenvalue weighted by molar-refractivity contribution is 0.130. The average molecular weight is 450 g/mol. The molecule has 0 aromatic heterocycles. The molecule has 1 aliphatic rings. The lowest BCUT2D eigenvalue weighted by atomic mass is 9.94. The Hall–Kier alpha value is -1.25. The molecule has 1 unspecified atom stereocenters. The first-order valence-corrected chi connectivity index (χ1v) is 13.7. The minimum atomic E-state index is -2.38. The van der Waals surface area contributed by atoms with Crippen LogP contribution in [-0.4, -0.2) is 47.9 Å². The molecule has 1 aromatic carbocycles. The summed E-state index contributed by atoms with van der Waals surface area (Å²) >= 11 is 0. The standard InChI is InChI=1S/C24H43N3O3Si/c1-18(2)31(19(3)4,29-16-25-6)30-17-26-24(21-10-8-9-11-21)20(5)27-22-12-14-23(28-7)15-13-22/h12-15,18-19,21,24-26H,8-11,16-17H2,1-7H3. The molecule has 6 nitrogen and oxygen atoms in total. The number of benzene rings is 1. The van der Waals surface area contributed by atoms with Gasteiger partial charge in [-0.2, -0.15) is 0 Å². The van der Waals surface area contributed by atoms with Crippen LogP contribution in [0.25, 0.3) is 0 Å². The second kappa shape index (κ2) is 12.7. The molecule has 0 spiro atoms. The summed E-state index contributed by atoms with van der Waals surface area (Å²) in [6, 6.07) is 8.13. The molecule has 0 bridgehead atoms. The fourth-order valence-electron chi connectivity index (χ4n) is 4.68. The third kappa shape index (κ3) is 7.12. The van der Waals surface area contributed by atoms with Gasteiger partial charge in [0.05, 0.1) is 26.3 Å². The maximum absolute atomic E-state index is 6.57. The predicted molar refractivity (Wildman–Crippen MR) is 132 cm³/mol. The Bertz CT molecular complexity index is 665. The molecular formula is C24H43N3O3Si. The maximum Gasteiger partial charge on any atom is 0.345 e. The Balaban J connectivity index is 2.13. The number of hydrogen-bond acceptors (Lipinski definition) is 6. The molecule has 0 amide bonds. The fourth-order valence-corrected chi connectivity index (χ4v) is 8.11. The van der Waals surface area contributed by atoms with Gasteiger partial charge in [0.1, 0.15) is 5.75 Å². The normalized spacial score (nSPS) is 17.0. The topological polar surface area (TPSA) is 64.1 Å². The van der Waals surface area contributed by atoms with Crippen molar-refractivity contribution in [3.63, 3.8) is 0 Å². The summed E-state index contributed by atoms with van der Waals surface area (Å²) in [7, 11) is 1.22. The van der Waals surface area contributed by atoms with E-state index in [9.17, 15) is 0 Å². The second-order valence-electron chi connectivity index (χ2n) is 9.14. The van der Waals surface area contributed by atoms with Crippen molar-refractivity contribution in [2.24, 2.45) is 10.9 Å². The van der Waals surface area contributed by atoms with Gasteiger partial charge >= 0.3 is 8.56 Å². The number of rotatable bonds is 13. The lowest BCUT2D eigenvalue weighted by Crippen LogP contribution is -2.53. The van der Waals surface area contributed by atoms with E-state index in [1.807, 2.05) is 31.3 Å². The van der Waals surface area contributed by atoms with Gasteiger partial charge in [0.15, 0.2) is 0 Å². The molecule has 0 radical (unpaired) electrons. The highest BCUT2D eigenvalue weighted by Gasteiger charge is 2.45. The zero-order valence-corrected chi connectivity index (χ0v) is 21.5. The van der Waals surface area contributed by atoms with E-state index in [4.69, 9.17) is 18.6 Å². The zero-order valence-electron chi connectivity index (χ0n) is 20.5. The minimum Gasteiger partial charge on any atom is -0.497 e. The van der Waals surface area contributed by atoms with Gasteiger partial charge in [0.25, 0.3) is 0 Å². The first kappa shape index (κ1) is 26.0.